The van der Waals surface area contributed by atoms with Gasteiger partial charge in [-0.1, -0.05) is 17.7 Å². The highest BCUT2D eigenvalue weighted by Crippen LogP contribution is 2.28. The smallest absolute Gasteiger partial charge is 0.360 e. The molecule has 2 aromatic rings. The zero-order valence-corrected chi connectivity index (χ0v) is 15.3. The molecule has 1 unspecified atom stereocenters. The second kappa shape index (κ2) is 7.19. The molecule has 2 aromatic carbocycles. The Balaban J connectivity index is 1.87. The van der Waals surface area contributed by atoms with Gasteiger partial charge in [0.25, 0.3) is 0 Å². The molecule has 0 aromatic heterocycles. The molecule has 0 fully saturated rings. The minimum atomic E-state index is -0.835. The van der Waals surface area contributed by atoms with E-state index in [1.54, 1.807) is 0 Å². The first kappa shape index (κ1) is 18.6. The zero-order valence-electron chi connectivity index (χ0n) is 15.3. The minimum absolute atomic E-state index is 0.0233. The van der Waals surface area contributed by atoms with Crippen LogP contribution in [0.4, 0.5) is 10.1 Å². The van der Waals surface area contributed by atoms with Crippen LogP contribution in [0, 0.1) is 26.6 Å². The molecule has 0 saturated heterocycles. The third kappa shape index (κ3) is 3.81. The maximum absolute atomic E-state index is 13.2. The summed E-state index contributed by atoms with van der Waals surface area (Å²) in [4.78, 5) is 24.4. The number of amides is 1. The second-order valence-corrected chi connectivity index (χ2v) is 6.61. The summed E-state index contributed by atoms with van der Waals surface area (Å²) < 4.78 is 18.7. The van der Waals surface area contributed by atoms with E-state index in [1.165, 1.54) is 29.3 Å². The number of rotatable bonds is 4. The van der Waals surface area contributed by atoms with Crippen LogP contribution < -0.4 is 15.5 Å². The lowest BCUT2D eigenvalue weighted by atomic mass is 10.1. The Hall–Kier alpha value is -3.22. The Morgan fingerprint density at radius 2 is 1.74 bits per heavy atom. The summed E-state index contributed by atoms with van der Waals surface area (Å²) in [6, 6.07) is 8.44. The monoisotopic (exact) mass is 369 g/mol. The highest BCUT2D eigenvalue weighted by atomic mass is 19.1. The Labute approximate surface area is 156 Å². The van der Waals surface area contributed by atoms with Crippen molar-refractivity contribution in [1.29, 1.82) is 0 Å². The van der Waals surface area contributed by atoms with E-state index in [0.717, 1.165) is 16.7 Å². The van der Waals surface area contributed by atoms with Crippen LogP contribution in [-0.2, 0) is 9.59 Å². The van der Waals surface area contributed by atoms with E-state index >= 15 is 0 Å². The van der Waals surface area contributed by atoms with Crippen molar-refractivity contribution >= 4 is 23.3 Å². The van der Waals surface area contributed by atoms with Crippen LogP contribution in [-0.4, -0.2) is 23.6 Å². The van der Waals surface area contributed by atoms with Gasteiger partial charge in [0, 0.05) is 6.42 Å². The molecule has 0 spiro atoms. The molecule has 0 saturated carbocycles. The molecule has 1 aliphatic heterocycles. The lowest BCUT2D eigenvalue weighted by Crippen LogP contribution is -2.39. The second-order valence-electron chi connectivity index (χ2n) is 6.61. The number of esters is 1. The third-order valence-corrected chi connectivity index (χ3v) is 4.37. The Kier molecular flexibility index (Phi) is 4.94. The van der Waals surface area contributed by atoms with Crippen molar-refractivity contribution in [2.75, 3.05) is 5.01 Å². The number of hydrogen-bond acceptors (Lipinski definition) is 5. The van der Waals surface area contributed by atoms with Crippen LogP contribution in [0.25, 0.3) is 0 Å². The molecule has 1 aliphatic rings. The SMILES string of the molecule is Cc1cc(C)c(OC(=O)C2=NN(c3ccc(F)cc3)C(C(N)=O)C2)c(C)c1. The fourth-order valence-electron chi connectivity index (χ4n) is 3.17. The van der Waals surface area contributed by atoms with E-state index in [2.05, 4.69) is 5.10 Å². The molecule has 140 valence electrons. The van der Waals surface area contributed by atoms with Gasteiger partial charge in [0.05, 0.1) is 5.69 Å². The molecule has 6 nitrogen and oxygen atoms in total. The number of nitrogens with two attached hydrogens (primary N) is 1. The lowest BCUT2D eigenvalue weighted by molar-refractivity contribution is -0.127. The van der Waals surface area contributed by atoms with Gasteiger partial charge >= 0.3 is 5.97 Å². The van der Waals surface area contributed by atoms with Gasteiger partial charge in [-0.05, 0) is 56.2 Å². The van der Waals surface area contributed by atoms with Crippen molar-refractivity contribution in [1.82, 2.24) is 0 Å². The first-order valence-corrected chi connectivity index (χ1v) is 8.48. The Morgan fingerprint density at radius 1 is 1.15 bits per heavy atom. The quantitative estimate of drug-likeness (QED) is 0.663. The highest BCUT2D eigenvalue weighted by Gasteiger charge is 2.36. The molecular formula is C20H20FN3O3. The molecule has 7 heteroatoms. The van der Waals surface area contributed by atoms with Crippen molar-refractivity contribution < 1.29 is 18.7 Å². The normalized spacial score (nSPS) is 16.2. The van der Waals surface area contributed by atoms with Crippen molar-refractivity contribution in [3.63, 3.8) is 0 Å². The summed E-state index contributed by atoms with van der Waals surface area (Å²) in [5.41, 5.74) is 8.74. The first-order valence-electron chi connectivity index (χ1n) is 8.48. The molecule has 0 radical (unpaired) electrons. The van der Waals surface area contributed by atoms with Crippen molar-refractivity contribution in [3.8, 4) is 5.75 Å². The van der Waals surface area contributed by atoms with E-state index in [-0.39, 0.29) is 12.1 Å². The topological polar surface area (TPSA) is 85.0 Å². The number of benzene rings is 2. The number of nitrogens with zero attached hydrogens (tertiary/aromatic N) is 2. The van der Waals surface area contributed by atoms with Crippen molar-refractivity contribution in [2.24, 2.45) is 10.8 Å². The molecule has 3 rings (SSSR count). The number of ether oxygens (including phenoxy) is 1. The fraction of sp³-hybridized carbons (Fsp3) is 0.250. The van der Waals surface area contributed by atoms with Gasteiger partial charge in [-0.25, -0.2) is 9.18 Å². The van der Waals surface area contributed by atoms with Crippen LogP contribution in [0.5, 0.6) is 5.75 Å². The van der Waals surface area contributed by atoms with Gasteiger partial charge in [0.1, 0.15) is 23.3 Å². The van der Waals surface area contributed by atoms with Crippen LogP contribution >= 0.6 is 0 Å². The van der Waals surface area contributed by atoms with Gasteiger partial charge in [-0.15, -0.1) is 0 Å². The van der Waals surface area contributed by atoms with E-state index in [1.807, 2.05) is 32.9 Å². The summed E-state index contributed by atoms with van der Waals surface area (Å²) in [5.74, 6) is -1.21. The highest BCUT2D eigenvalue weighted by molar-refractivity contribution is 6.38. The van der Waals surface area contributed by atoms with Crippen molar-refractivity contribution in [3.05, 3.63) is 58.9 Å². The molecular weight excluding hydrogens is 349 g/mol. The van der Waals surface area contributed by atoms with Crippen LogP contribution in [0.1, 0.15) is 23.1 Å². The Bertz CT molecular complexity index is 915. The number of hydrogen-bond donors (Lipinski definition) is 1. The molecule has 1 amide bonds. The van der Waals surface area contributed by atoms with Gasteiger partial charge in [-0.3, -0.25) is 9.80 Å². The van der Waals surface area contributed by atoms with E-state index in [4.69, 9.17) is 10.5 Å². The molecule has 1 heterocycles. The predicted molar refractivity (Wildman–Crippen MR) is 100 cm³/mol. The maximum Gasteiger partial charge on any atom is 0.360 e. The van der Waals surface area contributed by atoms with E-state index in [0.29, 0.717) is 11.4 Å². The van der Waals surface area contributed by atoms with Gasteiger partial charge < -0.3 is 10.5 Å². The largest absolute Gasteiger partial charge is 0.421 e. The van der Waals surface area contributed by atoms with Crippen molar-refractivity contribution in [2.45, 2.75) is 33.2 Å². The summed E-state index contributed by atoms with van der Waals surface area (Å²) in [6.45, 7) is 5.68. The lowest BCUT2D eigenvalue weighted by Gasteiger charge is -2.20. The van der Waals surface area contributed by atoms with E-state index < -0.39 is 23.7 Å². The minimum Gasteiger partial charge on any atom is -0.421 e. The summed E-state index contributed by atoms with van der Waals surface area (Å²) in [5, 5.41) is 5.54. The first-order chi connectivity index (χ1) is 12.8. The molecule has 2 N–H and O–H groups in total. The number of carbonyl (C=O) groups is 2. The number of halogens is 1. The standard InChI is InChI=1S/C20H20FN3O3/c1-11-8-12(2)18(13(3)9-11)27-20(26)16-10-17(19(22)25)24(23-16)15-6-4-14(21)5-7-15/h4-9,17H,10H2,1-3H3,(H2,22,25). The molecule has 1 atom stereocenters. The predicted octanol–water partition coefficient (Wildman–Crippen LogP) is 2.78. The molecule has 27 heavy (non-hydrogen) atoms. The number of primary amides is 1. The molecule has 0 aliphatic carbocycles. The number of anilines is 1. The average molecular weight is 369 g/mol. The summed E-state index contributed by atoms with van der Waals surface area (Å²) >= 11 is 0. The number of aryl methyl sites for hydroxylation is 3. The number of hydrazone groups is 1. The van der Waals surface area contributed by atoms with Crippen LogP contribution in [0.2, 0.25) is 0 Å². The third-order valence-electron chi connectivity index (χ3n) is 4.37. The maximum atomic E-state index is 13.2. The van der Waals surface area contributed by atoms with Crippen LogP contribution in [0.15, 0.2) is 41.5 Å². The van der Waals surface area contributed by atoms with Gasteiger partial charge in [0.15, 0.2) is 0 Å². The fourth-order valence-corrected chi connectivity index (χ4v) is 3.17. The van der Waals surface area contributed by atoms with Crippen LogP contribution in [0.3, 0.4) is 0 Å². The van der Waals surface area contributed by atoms with Gasteiger partial charge in [-0.2, -0.15) is 5.10 Å². The number of carbonyl (C=O) groups excluding carboxylic acids is 2. The van der Waals surface area contributed by atoms with Gasteiger partial charge in [0.2, 0.25) is 5.91 Å². The molecule has 0 bridgehead atoms. The summed E-state index contributed by atoms with van der Waals surface area (Å²) in [6.07, 6.45) is 0.0233. The summed E-state index contributed by atoms with van der Waals surface area (Å²) in [7, 11) is 0. The Morgan fingerprint density at radius 3 is 2.30 bits per heavy atom. The zero-order chi connectivity index (χ0) is 19.7. The van der Waals surface area contributed by atoms with E-state index in [9.17, 15) is 14.0 Å². The average Bonchev–Trinajstić information content (AvgIpc) is 3.04.